The van der Waals surface area contributed by atoms with Crippen molar-refractivity contribution in [3.63, 3.8) is 0 Å². The second-order valence-electron chi connectivity index (χ2n) is 3.65. The van der Waals surface area contributed by atoms with Crippen molar-refractivity contribution >= 4 is 32.5 Å². The van der Waals surface area contributed by atoms with Gasteiger partial charge in [0, 0.05) is 21.2 Å². The molecule has 0 radical (unpaired) electrons. The van der Waals surface area contributed by atoms with E-state index in [-0.39, 0.29) is 0 Å². The predicted octanol–water partition coefficient (Wildman–Crippen LogP) is 3.45. The van der Waals surface area contributed by atoms with E-state index in [0.717, 1.165) is 33.2 Å². The Morgan fingerprint density at radius 1 is 1.40 bits per heavy atom. The van der Waals surface area contributed by atoms with Crippen molar-refractivity contribution in [2.24, 2.45) is 0 Å². The van der Waals surface area contributed by atoms with Crippen LogP contribution in [-0.4, -0.2) is 4.98 Å². The highest BCUT2D eigenvalue weighted by Crippen LogP contribution is 2.29. The van der Waals surface area contributed by atoms with Crippen LogP contribution in [0.1, 0.15) is 18.2 Å². The van der Waals surface area contributed by atoms with Gasteiger partial charge in [0.05, 0.1) is 5.52 Å². The first kappa shape index (κ1) is 10.4. The van der Waals surface area contributed by atoms with Crippen LogP contribution in [0.4, 0.5) is 5.69 Å². The van der Waals surface area contributed by atoms with Crippen molar-refractivity contribution in [2.75, 3.05) is 5.73 Å². The van der Waals surface area contributed by atoms with Crippen LogP contribution in [-0.2, 0) is 6.42 Å². The van der Waals surface area contributed by atoms with Gasteiger partial charge in [0.25, 0.3) is 0 Å². The molecule has 0 amide bonds. The Hall–Kier alpha value is -1.09. The maximum atomic E-state index is 5.99. The second kappa shape index (κ2) is 3.81. The number of hydrogen-bond donors (Lipinski definition) is 1. The van der Waals surface area contributed by atoms with Crippen LogP contribution in [0.25, 0.3) is 10.9 Å². The fourth-order valence-corrected chi connectivity index (χ4v) is 2.06. The molecule has 0 aliphatic carbocycles. The third-order valence-corrected chi connectivity index (χ3v) is 3.56. The number of nitrogens with zero attached hydrogens (tertiary/aromatic N) is 1. The molecule has 0 atom stereocenters. The van der Waals surface area contributed by atoms with E-state index in [2.05, 4.69) is 40.8 Å². The zero-order valence-corrected chi connectivity index (χ0v) is 10.4. The molecule has 2 N–H and O–H groups in total. The number of anilines is 1. The lowest BCUT2D eigenvalue weighted by Crippen LogP contribution is -1.95. The van der Waals surface area contributed by atoms with Gasteiger partial charge in [-0.05, 0) is 40.9 Å². The van der Waals surface area contributed by atoms with Crippen molar-refractivity contribution in [2.45, 2.75) is 20.3 Å². The molecule has 1 heterocycles. The zero-order chi connectivity index (χ0) is 11.0. The summed E-state index contributed by atoms with van der Waals surface area (Å²) in [5, 5.41) is 1.02. The third kappa shape index (κ3) is 1.72. The number of hydrogen-bond acceptors (Lipinski definition) is 2. The number of fused-ring (bicyclic) bond motifs is 1. The van der Waals surface area contributed by atoms with Gasteiger partial charge in [-0.3, -0.25) is 4.98 Å². The van der Waals surface area contributed by atoms with E-state index in [1.165, 1.54) is 5.56 Å². The summed E-state index contributed by atoms with van der Waals surface area (Å²) < 4.78 is 1.04. The normalized spacial score (nSPS) is 10.9. The lowest BCUT2D eigenvalue weighted by Gasteiger charge is -2.08. The Kier molecular flexibility index (Phi) is 2.65. The highest BCUT2D eigenvalue weighted by Gasteiger charge is 2.07. The van der Waals surface area contributed by atoms with Crippen LogP contribution < -0.4 is 5.73 Å². The van der Waals surface area contributed by atoms with E-state index >= 15 is 0 Å². The minimum atomic E-state index is 0.803. The first-order chi connectivity index (χ1) is 7.13. The average Bonchev–Trinajstić information content (AvgIpc) is 2.23. The maximum absolute atomic E-state index is 5.99. The van der Waals surface area contributed by atoms with Gasteiger partial charge in [0.2, 0.25) is 0 Å². The lowest BCUT2D eigenvalue weighted by atomic mass is 10.1. The standard InChI is InChI=1S/C12H13BrN2/c1-3-8-6-10(14)9-5-4-7(2)11(13)12(9)15-8/h4-6H,3H2,1-2H3,(H2,14,15). The van der Waals surface area contributed by atoms with E-state index in [9.17, 15) is 0 Å². The SMILES string of the molecule is CCc1cc(N)c2ccc(C)c(Br)c2n1. The van der Waals surface area contributed by atoms with Crippen LogP contribution in [0.3, 0.4) is 0 Å². The quantitative estimate of drug-likeness (QED) is 0.857. The number of benzene rings is 1. The van der Waals surface area contributed by atoms with Gasteiger partial charge >= 0.3 is 0 Å². The molecule has 0 spiro atoms. The van der Waals surface area contributed by atoms with E-state index in [1.807, 2.05) is 12.1 Å². The number of nitrogens with two attached hydrogens (primary N) is 1. The molecule has 78 valence electrons. The summed E-state index contributed by atoms with van der Waals surface area (Å²) >= 11 is 3.56. The number of rotatable bonds is 1. The van der Waals surface area contributed by atoms with Crippen molar-refractivity contribution in [3.05, 3.63) is 33.9 Å². The second-order valence-corrected chi connectivity index (χ2v) is 4.44. The number of aryl methyl sites for hydroxylation is 2. The Balaban J connectivity index is 2.86. The number of aromatic nitrogens is 1. The molecule has 0 bridgehead atoms. The summed E-state index contributed by atoms with van der Waals surface area (Å²) in [6.07, 6.45) is 0.903. The predicted molar refractivity (Wildman–Crippen MR) is 68.0 cm³/mol. The summed E-state index contributed by atoms with van der Waals surface area (Å²) in [6.45, 7) is 4.14. The summed E-state index contributed by atoms with van der Waals surface area (Å²) in [7, 11) is 0. The van der Waals surface area contributed by atoms with Crippen molar-refractivity contribution < 1.29 is 0 Å². The highest BCUT2D eigenvalue weighted by atomic mass is 79.9. The maximum Gasteiger partial charge on any atom is 0.0870 e. The van der Waals surface area contributed by atoms with Crippen LogP contribution in [0.15, 0.2) is 22.7 Å². The van der Waals surface area contributed by atoms with Crippen LogP contribution in [0.5, 0.6) is 0 Å². The average molecular weight is 265 g/mol. The Labute approximate surface area is 97.6 Å². The molecule has 0 saturated heterocycles. The van der Waals surface area contributed by atoms with Gasteiger partial charge in [0.15, 0.2) is 0 Å². The molecule has 15 heavy (non-hydrogen) atoms. The van der Waals surface area contributed by atoms with Gasteiger partial charge < -0.3 is 5.73 Å². The summed E-state index contributed by atoms with van der Waals surface area (Å²) in [4.78, 5) is 4.59. The van der Waals surface area contributed by atoms with E-state index in [4.69, 9.17) is 5.73 Å². The number of pyridine rings is 1. The van der Waals surface area contributed by atoms with Gasteiger partial charge in [-0.25, -0.2) is 0 Å². The summed E-state index contributed by atoms with van der Waals surface area (Å²) in [5.41, 5.74) is 9.98. The Morgan fingerprint density at radius 3 is 2.80 bits per heavy atom. The minimum Gasteiger partial charge on any atom is -0.398 e. The summed E-state index contributed by atoms with van der Waals surface area (Å²) in [6, 6.07) is 6.03. The van der Waals surface area contributed by atoms with Gasteiger partial charge in [-0.2, -0.15) is 0 Å². The number of nitrogen functional groups attached to an aromatic ring is 1. The lowest BCUT2D eigenvalue weighted by molar-refractivity contribution is 1.06. The van der Waals surface area contributed by atoms with Crippen LogP contribution in [0.2, 0.25) is 0 Å². The molecule has 0 aliphatic rings. The van der Waals surface area contributed by atoms with E-state index in [1.54, 1.807) is 0 Å². The van der Waals surface area contributed by atoms with Gasteiger partial charge in [0.1, 0.15) is 0 Å². The Morgan fingerprint density at radius 2 is 2.13 bits per heavy atom. The monoisotopic (exact) mass is 264 g/mol. The summed E-state index contributed by atoms with van der Waals surface area (Å²) in [5.74, 6) is 0. The first-order valence-corrected chi connectivity index (χ1v) is 5.77. The molecule has 3 heteroatoms. The molecular weight excluding hydrogens is 252 g/mol. The molecule has 0 aliphatic heterocycles. The molecule has 0 unspecified atom stereocenters. The van der Waals surface area contributed by atoms with Crippen LogP contribution in [0, 0.1) is 6.92 Å². The molecule has 2 nitrogen and oxygen atoms in total. The molecule has 2 aromatic rings. The van der Waals surface area contributed by atoms with Crippen molar-refractivity contribution in [1.29, 1.82) is 0 Å². The molecule has 1 aromatic carbocycles. The first-order valence-electron chi connectivity index (χ1n) is 4.97. The third-order valence-electron chi connectivity index (χ3n) is 2.56. The molecule has 2 rings (SSSR count). The molecule has 1 aromatic heterocycles. The molecule has 0 saturated carbocycles. The van der Waals surface area contributed by atoms with Crippen LogP contribution >= 0.6 is 15.9 Å². The highest BCUT2D eigenvalue weighted by molar-refractivity contribution is 9.10. The molecular formula is C12H13BrN2. The van der Waals surface area contributed by atoms with E-state index in [0.29, 0.717) is 0 Å². The fraction of sp³-hybridized carbons (Fsp3) is 0.250. The smallest absolute Gasteiger partial charge is 0.0870 e. The van der Waals surface area contributed by atoms with Crippen molar-refractivity contribution in [3.8, 4) is 0 Å². The van der Waals surface area contributed by atoms with Crippen molar-refractivity contribution in [1.82, 2.24) is 4.98 Å². The van der Waals surface area contributed by atoms with E-state index < -0.39 is 0 Å². The Bertz CT molecular complexity index is 521. The topological polar surface area (TPSA) is 38.9 Å². The zero-order valence-electron chi connectivity index (χ0n) is 8.84. The van der Waals surface area contributed by atoms with Gasteiger partial charge in [-0.15, -0.1) is 0 Å². The fourth-order valence-electron chi connectivity index (χ4n) is 1.62. The minimum absolute atomic E-state index is 0.803. The van der Waals surface area contributed by atoms with Gasteiger partial charge in [-0.1, -0.05) is 19.1 Å². The largest absolute Gasteiger partial charge is 0.398 e. The number of halogens is 1. The molecule has 0 fully saturated rings.